The largest absolute Gasteiger partial charge is 0.480 e. The summed E-state index contributed by atoms with van der Waals surface area (Å²) in [5, 5.41) is 9.29. The van der Waals surface area contributed by atoms with E-state index in [-0.39, 0.29) is 12.5 Å². The van der Waals surface area contributed by atoms with Crippen molar-refractivity contribution in [2.75, 3.05) is 26.7 Å². The van der Waals surface area contributed by atoms with E-state index in [1.54, 1.807) is 41.4 Å². The predicted octanol–water partition coefficient (Wildman–Crippen LogP) is 0.917. The predicted molar refractivity (Wildman–Crippen MR) is 84.0 cm³/mol. The lowest BCUT2D eigenvalue weighted by Gasteiger charge is -2.37. The molecule has 0 saturated carbocycles. The van der Waals surface area contributed by atoms with Crippen LogP contribution in [0.4, 0.5) is 0 Å². The van der Waals surface area contributed by atoms with E-state index in [4.69, 9.17) is 0 Å². The van der Waals surface area contributed by atoms with Crippen LogP contribution < -0.4 is 0 Å². The van der Waals surface area contributed by atoms with Gasteiger partial charge in [0.1, 0.15) is 11.9 Å². The molecule has 1 unspecified atom stereocenters. The van der Waals surface area contributed by atoms with E-state index in [1.807, 2.05) is 12.1 Å². The quantitative estimate of drug-likeness (QED) is 0.879. The Bertz CT molecular complexity index is 714. The molecule has 1 saturated heterocycles. The second kappa shape index (κ2) is 6.21. The standard InChI is InChI=1S/C16H18N4O3/c1-19-8-9-20(10-13(19)16(22)23)15(21)12-5-3-2-4-11(12)14-17-6-7-18-14/h2-7,13H,8-10H2,1H3,(H,17,18)(H,22,23). The molecule has 7 nitrogen and oxygen atoms in total. The molecule has 0 aliphatic carbocycles. The molecule has 0 spiro atoms. The Morgan fingerprint density at radius 2 is 2.09 bits per heavy atom. The SMILES string of the molecule is CN1CCN(C(=O)c2ccccc2-c2ncc[nH]2)CC1C(=O)O. The summed E-state index contributed by atoms with van der Waals surface area (Å²) >= 11 is 0. The first-order valence-corrected chi connectivity index (χ1v) is 7.39. The number of aliphatic carboxylic acids is 1. The van der Waals surface area contributed by atoms with Crippen LogP contribution in [0.1, 0.15) is 10.4 Å². The minimum atomic E-state index is -0.913. The fraction of sp³-hybridized carbons (Fsp3) is 0.312. The van der Waals surface area contributed by atoms with Gasteiger partial charge in [-0.1, -0.05) is 18.2 Å². The van der Waals surface area contributed by atoms with E-state index in [0.717, 1.165) is 0 Å². The molecular formula is C16H18N4O3. The number of carboxylic acid groups (broad SMARTS) is 1. The fourth-order valence-electron chi connectivity index (χ4n) is 2.78. The Balaban J connectivity index is 1.88. The second-order valence-corrected chi connectivity index (χ2v) is 5.57. The lowest BCUT2D eigenvalue weighted by atomic mass is 10.0. The van der Waals surface area contributed by atoms with Gasteiger partial charge >= 0.3 is 5.97 Å². The van der Waals surface area contributed by atoms with Crippen molar-refractivity contribution in [3.05, 3.63) is 42.2 Å². The van der Waals surface area contributed by atoms with Crippen LogP contribution >= 0.6 is 0 Å². The van der Waals surface area contributed by atoms with Crippen molar-refractivity contribution in [2.24, 2.45) is 0 Å². The molecule has 2 N–H and O–H groups in total. The molecule has 1 aliphatic rings. The second-order valence-electron chi connectivity index (χ2n) is 5.57. The van der Waals surface area contributed by atoms with Crippen molar-refractivity contribution in [2.45, 2.75) is 6.04 Å². The van der Waals surface area contributed by atoms with Gasteiger partial charge in [-0.3, -0.25) is 14.5 Å². The lowest BCUT2D eigenvalue weighted by Crippen LogP contribution is -2.56. The highest BCUT2D eigenvalue weighted by molar-refractivity contribution is 6.00. The molecular weight excluding hydrogens is 296 g/mol. The van der Waals surface area contributed by atoms with Crippen LogP contribution in [0.15, 0.2) is 36.7 Å². The van der Waals surface area contributed by atoms with Crippen LogP contribution in [0, 0.1) is 0 Å². The van der Waals surface area contributed by atoms with Gasteiger partial charge in [0, 0.05) is 37.6 Å². The Kier molecular flexibility index (Phi) is 4.12. The molecule has 2 aromatic rings. The zero-order valence-corrected chi connectivity index (χ0v) is 12.8. The van der Waals surface area contributed by atoms with Gasteiger partial charge in [0.05, 0.1) is 5.56 Å². The number of benzene rings is 1. The van der Waals surface area contributed by atoms with Gasteiger partial charge in [-0.05, 0) is 13.1 Å². The van der Waals surface area contributed by atoms with Crippen LogP contribution in [-0.4, -0.2) is 69.5 Å². The topological polar surface area (TPSA) is 89.5 Å². The number of piperazine rings is 1. The van der Waals surface area contributed by atoms with Crippen LogP contribution in [-0.2, 0) is 4.79 Å². The summed E-state index contributed by atoms with van der Waals surface area (Å²) in [5.74, 6) is -0.460. The summed E-state index contributed by atoms with van der Waals surface area (Å²) in [6.07, 6.45) is 3.33. The third-order valence-corrected chi connectivity index (χ3v) is 4.13. The zero-order valence-electron chi connectivity index (χ0n) is 12.8. The zero-order chi connectivity index (χ0) is 16.4. The number of amides is 1. The number of carbonyl (C=O) groups excluding carboxylic acids is 1. The number of H-pyrrole nitrogens is 1. The first-order valence-electron chi connectivity index (χ1n) is 7.39. The maximum atomic E-state index is 12.9. The lowest BCUT2D eigenvalue weighted by molar-refractivity contribution is -0.144. The number of likely N-dealkylation sites (N-methyl/N-ethyl adjacent to an activating group) is 1. The van der Waals surface area contributed by atoms with E-state index in [2.05, 4.69) is 9.97 Å². The highest BCUT2D eigenvalue weighted by atomic mass is 16.4. The molecule has 1 atom stereocenters. The molecule has 0 bridgehead atoms. The highest BCUT2D eigenvalue weighted by Crippen LogP contribution is 2.22. The Morgan fingerprint density at radius 1 is 1.30 bits per heavy atom. The smallest absolute Gasteiger partial charge is 0.322 e. The number of aromatic nitrogens is 2. The molecule has 1 aromatic carbocycles. The number of nitrogens with one attached hydrogen (secondary N) is 1. The fourth-order valence-corrected chi connectivity index (χ4v) is 2.78. The average molecular weight is 314 g/mol. The number of rotatable bonds is 3. The molecule has 1 amide bonds. The van der Waals surface area contributed by atoms with Gasteiger partial charge in [-0.15, -0.1) is 0 Å². The molecule has 2 heterocycles. The number of hydrogen-bond donors (Lipinski definition) is 2. The minimum Gasteiger partial charge on any atom is -0.480 e. The van der Waals surface area contributed by atoms with E-state index >= 15 is 0 Å². The number of imidazole rings is 1. The van der Waals surface area contributed by atoms with E-state index < -0.39 is 12.0 Å². The van der Waals surface area contributed by atoms with Crippen LogP contribution in [0.2, 0.25) is 0 Å². The maximum Gasteiger partial charge on any atom is 0.322 e. The number of carboxylic acids is 1. The van der Waals surface area contributed by atoms with Crippen LogP contribution in [0.5, 0.6) is 0 Å². The molecule has 1 fully saturated rings. The van der Waals surface area contributed by atoms with E-state index in [0.29, 0.717) is 30.0 Å². The number of aromatic amines is 1. The van der Waals surface area contributed by atoms with Gasteiger partial charge in [-0.25, -0.2) is 4.98 Å². The summed E-state index contributed by atoms with van der Waals surface area (Å²) in [5.41, 5.74) is 1.24. The van der Waals surface area contributed by atoms with Crippen molar-refractivity contribution < 1.29 is 14.7 Å². The molecule has 23 heavy (non-hydrogen) atoms. The van der Waals surface area contributed by atoms with Crippen molar-refractivity contribution in [1.82, 2.24) is 19.8 Å². The first-order chi connectivity index (χ1) is 11.1. The average Bonchev–Trinajstić information content (AvgIpc) is 3.08. The molecule has 3 rings (SSSR count). The van der Waals surface area contributed by atoms with Gasteiger partial charge in [0.15, 0.2) is 0 Å². The minimum absolute atomic E-state index is 0.170. The van der Waals surface area contributed by atoms with Gasteiger partial charge in [-0.2, -0.15) is 0 Å². The first kappa shape index (κ1) is 15.2. The van der Waals surface area contributed by atoms with E-state index in [1.165, 1.54) is 0 Å². The normalized spacial score (nSPS) is 18.8. The summed E-state index contributed by atoms with van der Waals surface area (Å²) < 4.78 is 0. The molecule has 7 heteroatoms. The summed E-state index contributed by atoms with van der Waals surface area (Å²) in [7, 11) is 1.76. The van der Waals surface area contributed by atoms with E-state index in [9.17, 15) is 14.7 Å². The molecule has 1 aromatic heterocycles. The van der Waals surface area contributed by atoms with Crippen molar-refractivity contribution in [3.8, 4) is 11.4 Å². The van der Waals surface area contributed by atoms with Gasteiger partial charge in [0.2, 0.25) is 0 Å². The summed E-state index contributed by atoms with van der Waals surface area (Å²) in [4.78, 5) is 34.7. The monoisotopic (exact) mass is 314 g/mol. The Morgan fingerprint density at radius 3 is 2.78 bits per heavy atom. The third kappa shape index (κ3) is 2.95. The molecule has 1 aliphatic heterocycles. The summed E-state index contributed by atoms with van der Waals surface area (Å²) in [6, 6.07) is 6.54. The van der Waals surface area contributed by atoms with Gasteiger partial charge in [0.25, 0.3) is 5.91 Å². The van der Waals surface area contributed by atoms with Crippen LogP contribution in [0.25, 0.3) is 11.4 Å². The van der Waals surface area contributed by atoms with Gasteiger partial charge < -0.3 is 15.0 Å². The van der Waals surface area contributed by atoms with Crippen molar-refractivity contribution in [3.63, 3.8) is 0 Å². The highest BCUT2D eigenvalue weighted by Gasteiger charge is 2.33. The Labute approximate surface area is 133 Å². The maximum absolute atomic E-state index is 12.9. The number of hydrogen-bond acceptors (Lipinski definition) is 4. The Hall–Kier alpha value is -2.67. The summed E-state index contributed by atoms with van der Waals surface area (Å²) in [6.45, 7) is 1.22. The number of carbonyl (C=O) groups is 2. The third-order valence-electron chi connectivity index (χ3n) is 4.13. The van der Waals surface area contributed by atoms with Crippen LogP contribution in [0.3, 0.4) is 0 Å². The number of nitrogens with zero attached hydrogens (tertiary/aromatic N) is 3. The van der Waals surface area contributed by atoms with Crippen molar-refractivity contribution >= 4 is 11.9 Å². The van der Waals surface area contributed by atoms with Crippen molar-refractivity contribution in [1.29, 1.82) is 0 Å². The molecule has 120 valence electrons. The molecule has 0 radical (unpaired) electrons.